The number of hydrogen-bond donors (Lipinski definition) is 2. The molecule has 94 valence electrons. The molecule has 2 aromatic rings. The third kappa shape index (κ3) is 2.17. The molecule has 1 amide bonds. The number of nitrogens with two attached hydrogens (primary N) is 1. The van der Waals surface area contributed by atoms with Crippen molar-refractivity contribution in [2.45, 2.75) is 13.8 Å². The Bertz CT molecular complexity index is 603. The highest BCUT2D eigenvalue weighted by atomic mass is 16.1. The number of pyridine rings is 1. The van der Waals surface area contributed by atoms with Crippen molar-refractivity contribution in [1.82, 2.24) is 14.8 Å². The predicted octanol–water partition coefficient (Wildman–Crippen LogP) is 1.27. The molecule has 0 aliphatic heterocycles. The van der Waals surface area contributed by atoms with Crippen LogP contribution >= 0.6 is 0 Å². The molecule has 0 fully saturated rings. The van der Waals surface area contributed by atoms with E-state index in [2.05, 4.69) is 15.4 Å². The SMILES string of the molecule is Cc1cc(NC(=O)c2cnn(C)c2C)ncc1N. The normalized spacial score (nSPS) is 10.4. The second kappa shape index (κ2) is 4.48. The van der Waals surface area contributed by atoms with Crippen LogP contribution in [0.3, 0.4) is 0 Å². The quantitative estimate of drug-likeness (QED) is 0.834. The van der Waals surface area contributed by atoms with Gasteiger partial charge in [-0.15, -0.1) is 0 Å². The average molecular weight is 245 g/mol. The summed E-state index contributed by atoms with van der Waals surface area (Å²) in [5.41, 5.74) is 8.49. The molecule has 0 atom stereocenters. The van der Waals surface area contributed by atoms with Crippen molar-refractivity contribution in [3.8, 4) is 0 Å². The van der Waals surface area contributed by atoms with E-state index in [4.69, 9.17) is 5.73 Å². The number of carbonyl (C=O) groups excluding carboxylic acids is 1. The Balaban J connectivity index is 2.21. The number of nitrogen functional groups attached to an aromatic ring is 1. The predicted molar refractivity (Wildman–Crippen MR) is 69.3 cm³/mol. The standard InChI is InChI=1S/C12H15N5O/c1-7-4-11(14-6-10(7)13)16-12(18)9-5-15-17(3)8(9)2/h4-6H,13H2,1-3H3,(H,14,16,18). The second-order valence-electron chi connectivity index (χ2n) is 4.15. The Kier molecular flexibility index (Phi) is 3.01. The van der Waals surface area contributed by atoms with Gasteiger partial charge in [-0.25, -0.2) is 4.98 Å². The van der Waals surface area contributed by atoms with E-state index < -0.39 is 0 Å². The zero-order chi connectivity index (χ0) is 13.3. The number of anilines is 2. The molecule has 6 heteroatoms. The van der Waals surface area contributed by atoms with Gasteiger partial charge < -0.3 is 11.1 Å². The van der Waals surface area contributed by atoms with Gasteiger partial charge >= 0.3 is 0 Å². The first-order chi connectivity index (χ1) is 8.49. The number of amides is 1. The second-order valence-corrected chi connectivity index (χ2v) is 4.15. The molecule has 2 heterocycles. The van der Waals surface area contributed by atoms with Crippen LogP contribution in [-0.4, -0.2) is 20.7 Å². The van der Waals surface area contributed by atoms with Crippen molar-refractivity contribution >= 4 is 17.4 Å². The molecule has 18 heavy (non-hydrogen) atoms. The lowest BCUT2D eigenvalue weighted by atomic mass is 10.2. The molecule has 0 aromatic carbocycles. The van der Waals surface area contributed by atoms with Crippen LogP contribution in [0.2, 0.25) is 0 Å². The zero-order valence-corrected chi connectivity index (χ0v) is 10.6. The maximum Gasteiger partial charge on any atom is 0.260 e. The lowest BCUT2D eigenvalue weighted by Crippen LogP contribution is -2.14. The molecule has 3 N–H and O–H groups in total. The van der Waals surface area contributed by atoms with Crippen LogP contribution in [0.25, 0.3) is 0 Å². The highest BCUT2D eigenvalue weighted by Crippen LogP contribution is 2.14. The maximum atomic E-state index is 12.0. The Morgan fingerprint density at radius 1 is 1.39 bits per heavy atom. The van der Waals surface area contributed by atoms with Crippen molar-refractivity contribution in [2.75, 3.05) is 11.1 Å². The lowest BCUT2D eigenvalue weighted by Gasteiger charge is -2.06. The minimum atomic E-state index is -0.225. The van der Waals surface area contributed by atoms with Gasteiger partial charge in [-0.3, -0.25) is 9.48 Å². The summed E-state index contributed by atoms with van der Waals surface area (Å²) in [6, 6.07) is 1.74. The van der Waals surface area contributed by atoms with Crippen LogP contribution in [0.1, 0.15) is 21.6 Å². The summed E-state index contributed by atoms with van der Waals surface area (Å²) in [5, 5.41) is 6.75. The van der Waals surface area contributed by atoms with Gasteiger partial charge in [0.25, 0.3) is 5.91 Å². The van der Waals surface area contributed by atoms with Crippen LogP contribution in [0, 0.1) is 13.8 Å². The molecule has 6 nitrogen and oxygen atoms in total. The number of rotatable bonds is 2. The van der Waals surface area contributed by atoms with Gasteiger partial charge in [0, 0.05) is 12.7 Å². The summed E-state index contributed by atoms with van der Waals surface area (Å²) in [4.78, 5) is 16.1. The summed E-state index contributed by atoms with van der Waals surface area (Å²) in [6.07, 6.45) is 3.07. The van der Waals surface area contributed by atoms with Gasteiger partial charge in [-0.1, -0.05) is 0 Å². The molecular weight excluding hydrogens is 230 g/mol. The zero-order valence-electron chi connectivity index (χ0n) is 10.6. The van der Waals surface area contributed by atoms with Gasteiger partial charge in [0.1, 0.15) is 5.82 Å². The Morgan fingerprint density at radius 2 is 2.11 bits per heavy atom. The summed E-state index contributed by atoms with van der Waals surface area (Å²) >= 11 is 0. The topological polar surface area (TPSA) is 85.8 Å². The summed E-state index contributed by atoms with van der Waals surface area (Å²) in [5.74, 6) is 0.257. The molecule has 2 rings (SSSR count). The molecule has 0 unspecified atom stereocenters. The number of aromatic nitrogens is 3. The minimum absolute atomic E-state index is 0.225. The Morgan fingerprint density at radius 3 is 2.67 bits per heavy atom. The first kappa shape index (κ1) is 12.1. The van der Waals surface area contributed by atoms with Crippen LogP contribution in [0.4, 0.5) is 11.5 Å². The molecule has 0 bridgehead atoms. The van der Waals surface area contributed by atoms with Gasteiger partial charge in [-0.2, -0.15) is 5.10 Å². The Labute approximate surface area is 105 Å². The highest BCUT2D eigenvalue weighted by molar-refractivity contribution is 6.04. The van der Waals surface area contributed by atoms with E-state index in [9.17, 15) is 4.79 Å². The number of nitrogens with zero attached hydrogens (tertiary/aromatic N) is 3. The molecular formula is C12H15N5O. The van der Waals surface area contributed by atoms with E-state index in [0.717, 1.165) is 11.3 Å². The maximum absolute atomic E-state index is 12.0. The van der Waals surface area contributed by atoms with E-state index in [1.807, 2.05) is 13.8 Å². The van der Waals surface area contributed by atoms with Crippen molar-refractivity contribution < 1.29 is 4.79 Å². The number of hydrogen-bond acceptors (Lipinski definition) is 4. The van der Waals surface area contributed by atoms with Gasteiger partial charge in [0.2, 0.25) is 0 Å². The van der Waals surface area contributed by atoms with E-state index >= 15 is 0 Å². The number of aryl methyl sites for hydroxylation is 2. The van der Waals surface area contributed by atoms with Crippen LogP contribution in [-0.2, 0) is 7.05 Å². The summed E-state index contributed by atoms with van der Waals surface area (Å²) in [7, 11) is 1.79. The first-order valence-corrected chi connectivity index (χ1v) is 5.51. The minimum Gasteiger partial charge on any atom is -0.397 e. The first-order valence-electron chi connectivity index (χ1n) is 5.51. The van der Waals surface area contributed by atoms with Crippen LogP contribution in [0.5, 0.6) is 0 Å². The largest absolute Gasteiger partial charge is 0.397 e. The lowest BCUT2D eigenvalue weighted by molar-refractivity contribution is 0.102. The van der Waals surface area contributed by atoms with Crippen LogP contribution in [0.15, 0.2) is 18.5 Å². The van der Waals surface area contributed by atoms with Crippen molar-refractivity contribution in [3.63, 3.8) is 0 Å². The fourth-order valence-electron chi connectivity index (χ4n) is 1.54. The molecule has 0 spiro atoms. The van der Waals surface area contributed by atoms with Crippen molar-refractivity contribution in [3.05, 3.63) is 35.3 Å². The molecule has 0 radical (unpaired) electrons. The molecule has 0 saturated heterocycles. The molecule has 0 saturated carbocycles. The summed E-state index contributed by atoms with van der Waals surface area (Å²) < 4.78 is 1.65. The third-order valence-corrected chi connectivity index (χ3v) is 2.87. The van der Waals surface area contributed by atoms with Gasteiger partial charge in [-0.05, 0) is 25.5 Å². The van der Waals surface area contributed by atoms with Gasteiger partial charge in [0.15, 0.2) is 0 Å². The molecule has 0 aliphatic carbocycles. The third-order valence-electron chi connectivity index (χ3n) is 2.87. The van der Waals surface area contributed by atoms with Crippen molar-refractivity contribution in [2.24, 2.45) is 7.05 Å². The van der Waals surface area contributed by atoms with Crippen molar-refractivity contribution in [1.29, 1.82) is 0 Å². The summed E-state index contributed by atoms with van der Waals surface area (Å²) in [6.45, 7) is 3.70. The number of carbonyl (C=O) groups is 1. The monoisotopic (exact) mass is 245 g/mol. The highest BCUT2D eigenvalue weighted by Gasteiger charge is 2.13. The fourth-order valence-corrected chi connectivity index (χ4v) is 1.54. The van der Waals surface area contributed by atoms with Gasteiger partial charge in [0.05, 0.1) is 23.6 Å². The average Bonchev–Trinajstić information content (AvgIpc) is 2.65. The molecule has 0 aliphatic rings. The molecule has 2 aromatic heterocycles. The van der Waals surface area contributed by atoms with Crippen LogP contribution < -0.4 is 11.1 Å². The number of nitrogens with one attached hydrogen (secondary N) is 1. The smallest absolute Gasteiger partial charge is 0.260 e. The Hall–Kier alpha value is -2.37. The van der Waals surface area contributed by atoms with E-state index in [-0.39, 0.29) is 5.91 Å². The van der Waals surface area contributed by atoms with E-state index in [1.54, 1.807) is 17.8 Å². The van der Waals surface area contributed by atoms with E-state index in [1.165, 1.54) is 12.4 Å². The van der Waals surface area contributed by atoms with E-state index in [0.29, 0.717) is 17.1 Å². The fraction of sp³-hybridized carbons (Fsp3) is 0.250.